The van der Waals surface area contributed by atoms with Crippen LogP contribution in [0.4, 0.5) is 4.39 Å². The Hall–Kier alpha value is -0.450. The molecular formula is C14H22BrFN2. The maximum absolute atomic E-state index is 13.6. The highest BCUT2D eigenvalue weighted by Gasteiger charge is 2.11. The standard InChI is InChI=1S/C14H22BrFN2/c1-10(8-18-14(2,3)4)17-9-11-5-6-12(15)7-13(11)16/h5-7,10,17-18H,8-9H2,1-4H3. The van der Waals surface area contributed by atoms with Crippen LogP contribution in [0, 0.1) is 5.82 Å². The van der Waals surface area contributed by atoms with Crippen LogP contribution >= 0.6 is 15.9 Å². The molecule has 0 spiro atoms. The van der Waals surface area contributed by atoms with Crippen molar-refractivity contribution in [2.24, 2.45) is 0 Å². The molecule has 0 saturated heterocycles. The topological polar surface area (TPSA) is 24.1 Å². The van der Waals surface area contributed by atoms with Crippen LogP contribution in [0.2, 0.25) is 0 Å². The van der Waals surface area contributed by atoms with Crippen molar-refractivity contribution in [3.63, 3.8) is 0 Å². The van der Waals surface area contributed by atoms with Crippen molar-refractivity contribution in [1.29, 1.82) is 0 Å². The Morgan fingerprint density at radius 1 is 1.33 bits per heavy atom. The highest BCUT2D eigenvalue weighted by molar-refractivity contribution is 9.10. The minimum absolute atomic E-state index is 0.110. The SMILES string of the molecule is CC(CNC(C)(C)C)NCc1ccc(Br)cc1F. The van der Waals surface area contributed by atoms with E-state index in [0.29, 0.717) is 18.2 Å². The molecule has 0 fully saturated rings. The van der Waals surface area contributed by atoms with Crippen LogP contribution in [-0.2, 0) is 6.54 Å². The summed E-state index contributed by atoms with van der Waals surface area (Å²) in [5.74, 6) is -0.173. The Balaban J connectivity index is 2.40. The van der Waals surface area contributed by atoms with Gasteiger partial charge in [-0.1, -0.05) is 22.0 Å². The normalized spacial score (nSPS) is 13.7. The fraction of sp³-hybridized carbons (Fsp3) is 0.571. The lowest BCUT2D eigenvalue weighted by Crippen LogP contribution is -2.44. The lowest BCUT2D eigenvalue weighted by Gasteiger charge is -2.24. The van der Waals surface area contributed by atoms with E-state index in [4.69, 9.17) is 0 Å². The zero-order chi connectivity index (χ0) is 13.8. The number of hydrogen-bond donors (Lipinski definition) is 2. The van der Waals surface area contributed by atoms with Crippen LogP contribution in [0.25, 0.3) is 0 Å². The minimum atomic E-state index is -0.173. The lowest BCUT2D eigenvalue weighted by molar-refractivity contribution is 0.386. The highest BCUT2D eigenvalue weighted by Crippen LogP contribution is 2.15. The summed E-state index contributed by atoms with van der Waals surface area (Å²) in [6.07, 6.45) is 0. The average Bonchev–Trinajstić information content (AvgIpc) is 2.24. The van der Waals surface area contributed by atoms with Gasteiger partial charge in [0, 0.05) is 34.7 Å². The first-order chi connectivity index (χ1) is 8.28. The smallest absolute Gasteiger partial charge is 0.128 e. The molecule has 0 radical (unpaired) electrons. The van der Waals surface area contributed by atoms with Gasteiger partial charge in [0.05, 0.1) is 0 Å². The summed E-state index contributed by atoms with van der Waals surface area (Å²) in [5, 5.41) is 6.73. The predicted octanol–water partition coefficient (Wildman–Crippen LogP) is 3.45. The van der Waals surface area contributed by atoms with E-state index < -0.39 is 0 Å². The zero-order valence-corrected chi connectivity index (χ0v) is 13.1. The third-order valence-corrected chi connectivity index (χ3v) is 3.09. The number of halogens is 2. The van der Waals surface area contributed by atoms with Gasteiger partial charge in [0.15, 0.2) is 0 Å². The summed E-state index contributed by atoms with van der Waals surface area (Å²) in [6.45, 7) is 9.90. The second-order valence-corrected chi connectivity index (χ2v) is 6.56. The number of rotatable bonds is 5. The van der Waals surface area contributed by atoms with Gasteiger partial charge in [0.25, 0.3) is 0 Å². The van der Waals surface area contributed by atoms with Gasteiger partial charge in [-0.2, -0.15) is 0 Å². The fourth-order valence-electron chi connectivity index (χ4n) is 1.48. The van der Waals surface area contributed by atoms with E-state index in [0.717, 1.165) is 11.0 Å². The minimum Gasteiger partial charge on any atom is -0.311 e. The van der Waals surface area contributed by atoms with Gasteiger partial charge < -0.3 is 10.6 Å². The molecule has 2 N–H and O–H groups in total. The molecular weight excluding hydrogens is 295 g/mol. The maximum atomic E-state index is 13.6. The third-order valence-electron chi connectivity index (χ3n) is 2.59. The van der Waals surface area contributed by atoms with E-state index in [9.17, 15) is 4.39 Å². The maximum Gasteiger partial charge on any atom is 0.128 e. The average molecular weight is 317 g/mol. The third kappa shape index (κ3) is 5.94. The zero-order valence-electron chi connectivity index (χ0n) is 11.5. The first-order valence-corrected chi connectivity index (χ1v) is 6.99. The first-order valence-electron chi connectivity index (χ1n) is 6.20. The van der Waals surface area contributed by atoms with E-state index in [-0.39, 0.29) is 11.4 Å². The van der Waals surface area contributed by atoms with Crippen LogP contribution in [0.5, 0.6) is 0 Å². The molecule has 102 valence electrons. The summed E-state index contributed by atoms with van der Waals surface area (Å²) in [4.78, 5) is 0. The molecule has 1 aromatic rings. The summed E-state index contributed by atoms with van der Waals surface area (Å²) < 4.78 is 14.4. The highest BCUT2D eigenvalue weighted by atomic mass is 79.9. The summed E-state index contributed by atoms with van der Waals surface area (Å²) >= 11 is 3.25. The Morgan fingerprint density at radius 3 is 2.56 bits per heavy atom. The van der Waals surface area contributed by atoms with Crippen molar-refractivity contribution in [1.82, 2.24) is 10.6 Å². The van der Waals surface area contributed by atoms with Gasteiger partial charge in [-0.05, 0) is 39.8 Å². The Bertz CT molecular complexity index is 388. The van der Waals surface area contributed by atoms with Crippen molar-refractivity contribution in [2.45, 2.75) is 45.8 Å². The van der Waals surface area contributed by atoms with Crippen LogP contribution in [0.3, 0.4) is 0 Å². The molecule has 2 nitrogen and oxygen atoms in total. The first kappa shape index (κ1) is 15.6. The van der Waals surface area contributed by atoms with Crippen molar-refractivity contribution >= 4 is 15.9 Å². The molecule has 1 unspecified atom stereocenters. The molecule has 0 heterocycles. The second-order valence-electron chi connectivity index (χ2n) is 5.65. The van der Waals surface area contributed by atoms with E-state index >= 15 is 0 Å². The van der Waals surface area contributed by atoms with Crippen molar-refractivity contribution in [3.8, 4) is 0 Å². The Labute approximate surface area is 117 Å². The molecule has 1 atom stereocenters. The molecule has 0 aliphatic carbocycles. The molecule has 0 bridgehead atoms. The summed E-state index contributed by atoms with van der Waals surface area (Å²) in [5.41, 5.74) is 0.805. The van der Waals surface area contributed by atoms with Crippen molar-refractivity contribution in [2.75, 3.05) is 6.54 Å². The quantitative estimate of drug-likeness (QED) is 0.869. The molecule has 4 heteroatoms. The van der Waals surface area contributed by atoms with Crippen molar-refractivity contribution in [3.05, 3.63) is 34.1 Å². The summed E-state index contributed by atoms with van der Waals surface area (Å²) in [6, 6.07) is 5.45. The molecule has 0 aromatic heterocycles. The van der Waals surface area contributed by atoms with Gasteiger partial charge >= 0.3 is 0 Å². The van der Waals surface area contributed by atoms with Gasteiger partial charge in [-0.3, -0.25) is 0 Å². The number of nitrogens with one attached hydrogen (secondary N) is 2. The molecule has 0 aliphatic rings. The summed E-state index contributed by atoms with van der Waals surface area (Å²) in [7, 11) is 0. The lowest BCUT2D eigenvalue weighted by atomic mass is 10.1. The Morgan fingerprint density at radius 2 is 2.00 bits per heavy atom. The molecule has 0 amide bonds. The van der Waals surface area contributed by atoms with E-state index in [1.807, 2.05) is 6.07 Å². The van der Waals surface area contributed by atoms with Crippen LogP contribution in [0.1, 0.15) is 33.3 Å². The molecule has 1 rings (SSSR count). The van der Waals surface area contributed by atoms with E-state index in [2.05, 4.69) is 54.3 Å². The molecule has 18 heavy (non-hydrogen) atoms. The monoisotopic (exact) mass is 316 g/mol. The van der Waals surface area contributed by atoms with Gasteiger partial charge in [-0.25, -0.2) is 4.39 Å². The second kappa shape index (κ2) is 6.64. The van der Waals surface area contributed by atoms with Crippen LogP contribution in [0.15, 0.2) is 22.7 Å². The van der Waals surface area contributed by atoms with Crippen LogP contribution in [-0.4, -0.2) is 18.1 Å². The molecule has 1 aromatic carbocycles. The Kier molecular flexibility index (Phi) is 5.76. The van der Waals surface area contributed by atoms with Crippen LogP contribution < -0.4 is 10.6 Å². The van der Waals surface area contributed by atoms with Gasteiger partial charge in [-0.15, -0.1) is 0 Å². The number of hydrogen-bond acceptors (Lipinski definition) is 2. The number of benzene rings is 1. The molecule has 0 saturated carbocycles. The molecule has 0 aliphatic heterocycles. The van der Waals surface area contributed by atoms with E-state index in [1.54, 1.807) is 6.07 Å². The van der Waals surface area contributed by atoms with Crippen molar-refractivity contribution < 1.29 is 4.39 Å². The van der Waals surface area contributed by atoms with Gasteiger partial charge in [0.2, 0.25) is 0 Å². The fourth-order valence-corrected chi connectivity index (χ4v) is 1.81. The predicted molar refractivity (Wildman–Crippen MR) is 78.2 cm³/mol. The van der Waals surface area contributed by atoms with Gasteiger partial charge in [0.1, 0.15) is 5.82 Å². The largest absolute Gasteiger partial charge is 0.311 e. The van der Waals surface area contributed by atoms with E-state index in [1.165, 1.54) is 6.07 Å².